The first-order valence-corrected chi connectivity index (χ1v) is 10.3. The summed E-state index contributed by atoms with van der Waals surface area (Å²) in [7, 11) is 0. The highest BCUT2D eigenvalue weighted by atomic mass is 19.1. The second-order valence-corrected chi connectivity index (χ2v) is 7.44. The molecule has 0 atom stereocenters. The van der Waals surface area contributed by atoms with Crippen LogP contribution in [-0.2, 0) is 0 Å². The van der Waals surface area contributed by atoms with Crippen LogP contribution in [0, 0.1) is 5.82 Å². The van der Waals surface area contributed by atoms with Crippen LogP contribution in [0.5, 0.6) is 0 Å². The molecule has 0 amide bonds. The molecule has 5 aromatic rings. The van der Waals surface area contributed by atoms with Crippen molar-refractivity contribution in [2.24, 2.45) is 0 Å². The van der Waals surface area contributed by atoms with Gasteiger partial charge in [-0.15, -0.1) is 0 Å². The van der Waals surface area contributed by atoms with Crippen molar-refractivity contribution in [1.29, 1.82) is 0 Å². The summed E-state index contributed by atoms with van der Waals surface area (Å²) in [6, 6.07) is 39.7. The Hall–Kier alpha value is -4.04. The van der Waals surface area contributed by atoms with Crippen LogP contribution >= 0.6 is 0 Å². The minimum absolute atomic E-state index is 0.250. The number of hydrogen-bond acceptors (Lipinski definition) is 1. The predicted molar refractivity (Wildman–Crippen MR) is 126 cm³/mol. The molecule has 0 bridgehead atoms. The van der Waals surface area contributed by atoms with Crippen molar-refractivity contribution in [1.82, 2.24) is 4.98 Å². The molecule has 1 heterocycles. The fraction of sp³-hybridized carbons (Fsp3) is 0. The van der Waals surface area contributed by atoms with Gasteiger partial charge in [0.15, 0.2) is 0 Å². The molecule has 31 heavy (non-hydrogen) atoms. The molecule has 0 saturated heterocycles. The van der Waals surface area contributed by atoms with Gasteiger partial charge in [-0.25, -0.2) is 9.37 Å². The second kappa shape index (κ2) is 8.37. The van der Waals surface area contributed by atoms with Gasteiger partial charge in [0.2, 0.25) is 0 Å². The zero-order valence-electron chi connectivity index (χ0n) is 16.9. The molecule has 5 rings (SSSR count). The average molecular weight is 401 g/mol. The van der Waals surface area contributed by atoms with E-state index in [2.05, 4.69) is 60.7 Å². The lowest BCUT2D eigenvalue weighted by Gasteiger charge is -2.11. The predicted octanol–water partition coefficient (Wildman–Crippen LogP) is 7.89. The number of hydrogen-bond donors (Lipinski definition) is 0. The summed E-state index contributed by atoms with van der Waals surface area (Å²) in [5.74, 6) is -0.250. The molecule has 0 unspecified atom stereocenters. The number of aromatic nitrogens is 1. The van der Waals surface area contributed by atoms with Gasteiger partial charge in [0.05, 0.1) is 11.4 Å². The summed E-state index contributed by atoms with van der Waals surface area (Å²) in [6.07, 6.45) is 0. The van der Waals surface area contributed by atoms with E-state index in [9.17, 15) is 4.39 Å². The van der Waals surface area contributed by atoms with Crippen molar-refractivity contribution in [3.8, 4) is 44.8 Å². The number of halogens is 1. The summed E-state index contributed by atoms with van der Waals surface area (Å²) in [5.41, 5.74) is 8.22. The molecule has 1 nitrogen and oxygen atoms in total. The minimum atomic E-state index is -0.250. The average Bonchev–Trinajstić information content (AvgIpc) is 2.85. The van der Waals surface area contributed by atoms with E-state index in [4.69, 9.17) is 4.98 Å². The third-order valence-corrected chi connectivity index (χ3v) is 5.36. The molecular weight excluding hydrogens is 381 g/mol. The Labute approximate surface area is 181 Å². The number of benzene rings is 4. The summed E-state index contributed by atoms with van der Waals surface area (Å²) in [5, 5.41) is 0. The maximum absolute atomic E-state index is 13.4. The van der Waals surface area contributed by atoms with Crippen molar-refractivity contribution < 1.29 is 4.39 Å². The van der Waals surface area contributed by atoms with Crippen LogP contribution < -0.4 is 0 Å². The number of pyridine rings is 1. The first-order chi connectivity index (χ1) is 15.3. The lowest BCUT2D eigenvalue weighted by Crippen LogP contribution is -1.91. The lowest BCUT2D eigenvalue weighted by molar-refractivity contribution is 0.628. The SMILES string of the molecule is Fc1ccc(-c2cc(-c3ccc(-c4ccccc4)cc3)cc(-c3ccccc3)n2)cc1. The molecular formula is C29H20FN. The molecule has 1 aromatic heterocycles. The molecule has 0 fully saturated rings. The van der Waals surface area contributed by atoms with Crippen LogP contribution in [0.4, 0.5) is 4.39 Å². The number of rotatable bonds is 4. The topological polar surface area (TPSA) is 12.9 Å². The highest BCUT2D eigenvalue weighted by Gasteiger charge is 2.09. The Balaban J connectivity index is 1.60. The van der Waals surface area contributed by atoms with Crippen LogP contribution in [0.2, 0.25) is 0 Å². The normalized spacial score (nSPS) is 10.7. The molecule has 148 valence electrons. The second-order valence-electron chi connectivity index (χ2n) is 7.44. The van der Waals surface area contributed by atoms with E-state index in [1.54, 1.807) is 12.1 Å². The van der Waals surface area contributed by atoms with Crippen LogP contribution in [0.3, 0.4) is 0 Å². The zero-order chi connectivity index (χ0) is 21.0. The molecule has 0 radical (unpaired) electrons. The zero-order valence-corrected chi connectivity index (χ0v) is 16.9. The van der Waals surface area contributed by atoms with E-state index in [1.165, 1.54) is 23.3 Å². The van der Waals surface area contributed by atoms with Crippen molar-refractivity contribution in [3.63, 3.8) is 0 Å². The Morgan fingerprint density at radius 2 is 0.774 bits per heavy atom. The monoisotopic (exact) mass is 401 g/mol. The van der Waals surface area contributed by atoms with Crippen molar-refractivity contribution >= 4 is 0 Å². The molecule has 4 aromatic carbocycles. The summed E-state index contributed by atoms with van der Waals surface area (Å²) in [6.45, 7) is 0. The summed E-state index contributed by atoms with van der Waals surface area (Å²) < 4.78 is 13.4. The maximum Gasteiger partial charge on any atom is 0.123 e. The van der Waals surface area contributed by atoms with Gasteiger partial charge in [-0.2, -0.15) is 0 Å². The molecule has 2 heteroatoms. The van der Waals surface area contributed by atoms with E-state index in [0.29, 0.717) is 0 Å². The third-order valence-electron chi connectivity index (χ3n) is 5.36. The van der Waals surface area contributed by atoms with Crippen LogP contribution in [0.25, 0.3) is 44.8 Å². The Kier molecular flexibility index (Phi) is 5.12. The minimum Gasteiger partial charge on any atom is -0.248 e. The molecule has 0 N–H and O–H groups in total. The summed E-state index contributed by atoms with van der Waals surface area (Å²) >= 11 is 0. The van der Waals surface area contributed by atoms with Crippen LogP contribution in [0.1, 0.15) is 0 Å². The Morgan fingerprint density at radius 1 is 0.387 bits per heavy atom. The molecule has 0 spiro atoms. The van der Waals surface area contributed by atoms with Crippen molar-refractivity contribution in [2.45, 2.75) is 0 Å². The maximum atomic E-state index is 13.4. The fourth-order valence-electron chi connectivity index (χ4n) is 3.71. The van der Waals surface area contributed by atoms with Gasteiger partial charge in [0, 0.05) is 11.1 Å². The molecule has 0 aliphatic heterocycles. The number of nitrogens with zero attached hydrogens (tertiary/aromatic N) is 1. The van der Waals surface area contributed by atoms with E-state index in [1.807, 2.05) is 36.4 Å². The van der Waals surface area contributed by atoms with E-state index in [0.717, 1.165) is 33.6 Å². The van der Waals surface area contributed by atoms with Crippen molar-refractivity contribution in [3.05, 3.63) is 127 Å². The van der Waals surface area contributed by atoms with E-state index in [-0.39, 0.29) is 5.82 Å². The first-order valence-electron chi connectivity index (χ1n) is 10.3. The molecule has 0 aliphatic rings. The Bertz CT molecular complexity index is 1290. The van der Waals surface area contributed by atoms with Gasteiger partial charge >= 0.3 is 0 Å². The quantitative estimate of drug-likeness (QED) is 0.298. The third kappa shape index (κ3) is 4.15. The highest BCUT2D eigenvalue weighted by molar-refractivity contribution is 5.78. The van der Waals surface area contributed by atoms with Crippen LogP contribution in [0.15, 0.2) is 121 Å². The van der Waals surface area contributed by atoms with E-state index >= 15 is 0 Å². The molecule has 0 aliphatic carbocycles. The van der Waals surface area contributed by atoms with Gasteiger partial charge in [0.1, 0.15) is 5.82 Å². The van der Waals surface area contributed by atoms with Gasteiger partial charge in [-0.05, 0) is 58.7 Å². The summed E-state index contributed by atoms with van der Waals surface area (Å²) in [4.78, 5) is 4.87. The van der Waals surface area contributed by atoms with Crippen molar-refractivity contribution in [2.75, 3.05) is 0 Å². The van der Waals surface area contributed by atoms with Gasteiger partial charge in [-0.1, -0.05) is 84.9 Å². The largest absolute Gasteiger partial charge is 0.248 e. The molecule has 0 saturated carbocycles. The van der Waals surface area contributed by atoms with Gasteiger partial charge < -0.3 is 0 Å². The van der Waals surface area contributed by atoms with E-state index < -0.39 is 0 Å². The smallest absolute Gasteiger partial charge is 0.123 e. The van der Waals surface area contributed by atoms with Gasteiger partial charge in [0.25, 0.3) is 0 Å². The fourth-order valence-corrected chi connectivity index (χ4v) is 3.71. The lowest BCUT2D eigenvalue weighted by atomic mass is 9.97. The highest BCUT2D eigenvalue weighted by Crippen LogP contribution is 2.31. The Morgan fingerprint density at radius 3 is 1.32 bits per heavy atom. The first kappa shape index (κ1) is 19.0. The standard InChI is InChI=1S/C29H20FN/c30-27-17-15-25(16-18-27)29-20-26(19-28(31-29)24-9-5-2-6-10-24)23-13-11-22(12-14-23)21-7-3-1-4-8-21/h1-20H. The van der Waals surface area contributed by atoms with Gasteiger partial charge in [-0.3, -0.25) is 0 Å². The van der Waals surface area contributed by atoms with Crippen LogP contribution in [-0.4, -0.2) is 4.98 Å².